The summed E-state index contributed by atoms with van der Waals surface area (Å²) in [6.45, 7) is 0. The van der Waals surface area contributed by atoms with E-state index in [9.17, 15) is 14.7 Å². The molecular formula is C19H19N3O3. The second-order valence-electron chi connectivity index (χ2n) is 5.21. The number of rotatable bonds is 8. The van der Waals surface area contributed by atoms with Crippen LogP contribution in [-0.4, -0.2) is 23.7 Å². The van der Waals surface area contributed by atoms with Crippen LogP contribution in [0.15, 0.2) is 59.6 Å². The molecule has 0 heterocycles. The van der Waals surface area contributed by atoms with E-state index in [1.807, 2.05) is 6.07 Å². The summed E-state index contributed by atoms with van der Waals surface area (Å²) in [7, 11) is 0. The maximum absolute atomic E-state index is 11.9. The zero-order valence-corrected chi connectivity index (χ0v) is 13.6. The van der Waals surface area contributed by atoms with E-state index < -0.39 is 5.97 Å². The summed E-state index contributed by atoms with van der Waals surface area (Å²) < 4.78 is 0. The molecule has 0 amide bonds. The zero-order chi connectivity index (χ0) is 18.1. The molecule has 4 N–H and O–H groups in total. The van der Waals surface area contributed by atoms with E-state index in [1.165, 1.54) is 6.34 Å². The molecule has 0 radical (unpaired) electrons. The highest BCUT2D eigenvalue weighted by molar-refractivity contribution is 6.23. The Morgan fingerprint density at radius 3 is 2.48 bits per heavy atom. The molecule has 0 aromatic heterocycles. The molecule has 0 spiro atoms. The van der Waals surface area contributed by atoms with Gasteiger partial charge in [-0.1, -0.05) is 42.5 Å². The summed E-state index contributed by atoms with van der Waals surface area (Å²) in [5.74, 6) is 4.14. The smallest absolute Gasteiger partial charge is 0.336 e. The molecular weight excluding hydrogens is 318 g/mol. The van der Waals surface area contributed by atoms with Crippen molar-refractivity contribution in [1.29, 1.82) is 0 Å². The molecule has 0 saturated carbocycles. The Morgan fingerprint density at radius 1 is 1.12 bits per heavy atom. The lowest BCUT2D eigenvalue weighted by Crippen LogP contribution is -2.18. The number of hydrogen-bond acceptors (Lipinski definition) is 4. The molecule has 0 fully saturated rings. The maximum Gasteiger partial charge on any atom is 0.336 e. The minimum absolute atomic E-state index is 0.181. The number of hydrazine groups is 1. The molecule has 0 unspecified atom stereocenters. The summed E-state index contributed by atoms with van der Waals surface area (Å²) in [4.78, 5) is 26.9. The van der Waals surface area contributed by atoms with Gasteiger partial charge in [-0.3, -0.25) is 0 Å². The molecule has 0 saturated heterocycles. The van der Waals surface area contributed by atoms with Crippen molar-refractivity contribution in [2.75, 3.05) is 0 Å². The van der Waals surface area contributed by atoms with Gasteiger partial charge in [0, 0.05) is 6.42 Å². The number of allylic oxidation sites excluding steroid dienone is 1. The summed E-state index contributed by atoms with van der Waals surface area (Å²) >= 11 is 0. The van der Waals surface area contributed by atoms with E-state index in [2.05, 4.69) is 10.4 Å². The number of benzene rings is 2. The number of aliphatic carboxylic acids is 1. The fraction of sp³-hybridized carbons (Fsp3) is 0.105. The van der Waals surface area contributed by atoms with Gasteiger partial charge in [-0.25, -0.2) is 15.6 Å². The summed E-state index contributed by atoms with van der Waals surface area (Å²) in [5, 5.41) is 9.77. The number of aldehydes is 1. The third kappa shape index (κ3) is 4.86. The minimum Gasteiger partial charge on any atom is -0.478 e. The standard InChI is InChI=1S/C19H19N3O3/c20-22-13-21-16-9-4-8-15(12-16)17(10-5-11-23)18(19(24)25)14-6-2-1-3-7-14/h1-4,6-9,11-13H,5,10,20H2,(H,21,22)(H,24,25). The topological polar surface area (TPSA) is 105 Å². The number of nitrogens with zero attached hydrogens (tertiary/aromatic N) is 1. The lowest BCUT2D eigenvalue weighted by Gasteiger charge is -2.13. The van der Waals surface area contributed by atoms with Gasteiger partial charge >= 0.3 is 5.97 Å². The minimum atomic E-state index is -1.04. The van der Waals surface area contributed by atoms with Gasteiger partial charge in [0.25, 0.3) is 0 Å². The van der Waals surface area contributed by atoms with Crippen molar-refractivity contribution in [1.82, 2.24) is 5.43 Å². The third-order valence-corrected chi connectivity index (χ3v) is 3.57. The van der Waals surface area contributed by atoms with Crippen LogP contribution in [0.2, 0.25) is 0 Å². The SMILES string of the molecule is NNC=Nc1cccc(C(CCC=O)=C(C(=O)O)c2ccccc2)c1. The first-order valence-corrected chi connectivity index (χ1v) is 7.72. The van der Waals surface area contributed by atoms with Crippen molar-refractivity contribution in [2.45, 2.75) is 12.8 Å². The number of carbonyl (C=O) groups excluding carboxylic acids is 1. The predicted molar refractivity (Wildman–Crippen MR) is 98.1 cm³/mol. The van der Waals surface area contributed by atoms with Crippen LogP contribution in [0, 0.1) is 0 Å². The molecule has 0 bridgehead atoms. The predicted octanol–water partition coefficient (Wildman–Crippen LogP) is 2.78. The van der Waals surface area contributed by atoms with E-state index in [0.717, 1.165) is 6.29 Å². The molecule has 25 heavy (non-hydrogen) atoms. The molecule has 6 heteroatoms. The van der Waals surface area contributed by atoms with Gasteiger partial charge in [-0.15, -0.1) is 0 Å². The summed E-state index contributed by atoms with van der Waals surface area (Å²) in [6, 6.07) is 16.0. The number of nitrogens with two attached hydrogens (primary N) is 1. The molecule has 0 aliphatic heterocycles. The van der Waals surface area contributed by atoms with Crippen molar-refractivity contribution in [2.24, 2.45) is 10.8 Å². The van der Waals surface area contributed by atoms with E-state index in [1.54, 1.807) is 48.5 Å². The molecule has 128 valence electrons. The monoisotopic (exact) mass is 337 g/mol. The number of aliphatic imine (C=N–C) groups is 1. The average Bonchev–Trinajstić information content (AvgIpc) is 2.64. The number of nitrogens with one attached hydrogen (secondary N) is 1. The number of carboxylic acids is 1. The molecule has 0 atom stereocenters. The van der Waals surface area contributed by atoms with Crippen LogP contribution < -0.4 is 11.3 Å². The Balaban J connectivity index is 2.62. The van der Waals surface area contributed by atoms with Crippen molar-refractivity contribution in [3.63, 3.8) is 0 Å². The quantitative estimate of drug-likeness (QED) is 0.131. The Morgan fingerprint density at radius 2 is 1.84 bits per heavy atom. The van der Waals surface area contributed by atoms with E-state index in [-0.39, 0.29) is 12.0 Å². The largest absolute Gasteiger partial charge is 0.478 e. The van der Waals surface area contributed by atoms with Gasteiger partial charge in [0.15, 0.2) is 0 Å². The highest BCUT2D eigenvalue weighted by Gasteiger charge is 2.18. The Bertz CT molecular complexity index is 799. The first-order valence-electron chi connectivity index (χ1n) is 7.72. The summed E-state index contributed by atoms with van der Waals surface area (Å²) in [5.41, 5.74) is 5.01. The first-order chi connectivity index (χ1) is 12.2. The van der Waals surface area contributed by atoms with Crippen LogP contribution in [0.4, 0.5) is 5.69 Å². The van der Waals surface area contributed by atoms with Gasteiger partial charge in [-0.05, 0) is 35.3 Å². The Labute approximate surface area is 145 Å². The van der Waals surface area contributed by atoms with Crippen molar-refractivity contribution < 1.29 is 14.7 Å². The van der Waals surface area contributed by atoms with Crippen molar-refractivity contribution in [3.05, 3.63) is 65.7 Å². The highest BCUT2D eigenvalue weighted by atomic mass is 16.4. The fourth-order valence-electron chi connectivity index (χ4n) is 2.53. The van der Waals surface area contributed by atoms with Crippen LogP contribution in [-0.2, 0) is 9.59 Å². The molecule has 0 aliphatic rings. The number of carbonyl (C=O) groups is 2. The molecule has 2 rings (SSSR count). The third-order valence-electron chi connectivity index (χ3n) is 3.57. The van der Waals surface area contributed by atoms with Crippen molar-refractivity contribution >= 4 is 35.4 Å². The zero-order valence-electron chi connectivity index (χ0n) is 13.6. The van der Waals surface area contributed by atoms with Crippen LogP contribution in [0.3, 0.4) is 0 Å². The van der Waals surface area contributed by atoms with Crippen LogP contribution in [0.5, 0.6) is 0 Å². The van der Waals surface area contributed by atoms with E-state index in [4.69, 9.17) is 5.84 Å². The lowest BCUT2D eigenvalue weighted by molar-refractivity contribution is -0.130. The first kappa shape index (κ1) is 18.1. The van der Waals surface area contributed by atoms with Gasteiger partial charge in [0.2, 0.25) is 0 Å². The second kappa shape index (κ2) is 9.14. The molecule has 2 aromatic carbocycles. The maximum atomic E-state index is 11.9. The molecule has 6 nitrogen and oxygen atoms in total. The normalized spacial score (nSPS) is 11.9. The Kier molecular flexibility index (Phi) is 6.62. The number of carboxylic acid groups (broad SMARTS) is 1. The van der Waals surface area contributed by atoms with Gasteiger partial charge in [0.05, 0.1) is 11.3 Å². The van der Waals surface area contributed by atoms with Crippen LogP contribution in [0.25, 0.3) is 11.1 Å². The molecule has 0 aliphatic carbocycles. The lowest BCUT2D eigenvalue weighted by atomic mass is 9.91. The second-order valence-corrected chi connectivity index (χ2v) is 5.21. The van der Waals surface area contributed by atoms with Gasteiger partial charge in [-0.2, -0.15) is 0 Å². The highest BCUT2D eigenvalue weighted by Crippen LogP contribution is 2.32. The average molecular weight is 337 g/mol. The van der Waals surface area contributed by atoms with Gasteiger partial charge < -0.3 is 15.3 Å². The van der Waals surface area contributed by atoms with E-state index in [0.29, 0.717) is 28.8 Å². The van der Waals surface area contributed by atoms with Crippen LogP contribution >= 0.6 is 0 Å². The van der Waals surface area contributed by atoms with Gasteiger partial charge in [0.1, 0.15) is 12.6 Å². The number of hydrogen-bond donors (Lipinski definition) is 3. The Hall–Kier alpha value is -3.25. The summed E-state index contributed by atoms with van der Waals surface area (Å²) in [6.07, 6.45) is 2.67. The van der Waals surface area contributed by atoms with E-state index >= 15 is 0 Å². The van der Waals surface area contributed by atoms with Crippen molar-refractivity contribution in [3.8, 4) is 0 Å². The molecule has 2 aromatic rings. The van der Waals surface area contributed by atoms with Crippen LogP contribution in [0.1, 0.15) is 24.0 Å². The fourth-order valence-corrected chi connectivity index (χ4v) is 2.53.